The highest BCUT2D eigenvalue weighted by molar-refractivity contribution is 5.51. The Hall–Kier alpha value is -3.24. The third-order valence-corrected chi connectivity index (χ3v) is 6.60. The number of anilines is 1. The zero-order valence-electron chi connectivity index (χ0n) is 21.3. The number of rotatable bonds is 10. The zero-order chi connectivity index (χ0) is 24.5. The molecule has 0 saturated carbocycles. The third-order valence-electron chi connectivity index (χ3n) is 6.60. The Kier molecular flexibility index (Phi) is 8.85. The highest BCUT2D eigenvalue weighted by Crippen LogP contribution is 2.27. The summed E-state index contributed by atoms with van der Waals surface area (Å²) in [5, 5.41) is 0. The van der Waals surface area contributed by atoms with E-state index in [4.69, 9.17) is 9.47 Å². The van der Waals surface area contributed by atoms with Crippen LogP contribution in [0.3, 0.4) is 0 Å². The summed E-state index contributed by atoms with van der Waals surface area (Å²) in [4.78, 5) is 5.15. The number of ether oxygens (including phenoxy) is 2. The molecule has 0 aromatic heterocycles. The van der Waals surface area contributed by atoms with E-state index in [1.807, 2.05) is 18.2 Å². The lowest BCUT2D eigenvalue weighted by Gasteiger charge is -2.40. The van der Waals surface area contributed by atoms with Gasteiger partial charge in [-0.2, -0.15) is 0 Å². The first kappa shape index (κ1) is 24.9. The second-order valence-electron chi connectivity index (χ2n) is 9.58. The first-order valence-corrected chi connectivity index (χ1v) is 12.6. The van der Waals surface area contributed by atoms with Gasteiger partial charge in [0.15, 0.2) is 0 Å². The minimum absolute atomic E-state index is 0.480. The number of likely N-dealkylation sites (tertiary alicyclic amines) is 1. The lowest BCUT2D eigenvalue weighted by Crippen LogP contribution is -2.48. The van der Waals surface area contributed by atoms with Gasteiger partial charge in [0.05, 0.1) is 7.11 Å². The summed E-state index contributed by atoms with van der Waals surface area (Å²) in [6.45, 7) is 9.05. The van der Waals surface area contributed by atoms with E-state index in [0.717, 1.165) is 37.7 Å². The van der Waals surface area contributed by atoms with Crippen molar-refractivity contribution in [2.45, 2.75) is 45.9 Å². The molecule has 1 fully saturated rings. The Bertz CT molecular complexity index is 1060. The van der Waals surface area contributed by atoms with E-state index < -0.39 is 0 Å². The number of hydrogen-bond acceptors (Lipinski definition) is 4. The van der Waals surface area contributed by atoms with E-state index in [2.05, 4.69) is 90.4 Å². The van der Waals surface area contributed by atoms with Crippen LogP contribution >= 0.6 is 0 Å². The van der Waals surface area contributed by atoms with E-state index in [1.54, 1.807) is 7.11 Å². The smallest absolute Gasteiger partial charge is 0.119 e. The highest BCUT2D eigenvalue weighted by Gasteiger charge is 2.25. The van der Waals surface area contributed by atoms with Crippen LogP contribution in [-0.4, -0.2) is 37.7 Å². The number of nitrogens with zero attached hydrogens (tertiary/aromatic N) is 2. The van der Waals surface area contributed by atoms with Crippen LogP contribution in [0.2, 0.25) is 0 Å². The molecule has 1 heterocycles. The Morgan fingerprint density at radius 1 is 0.914 bits per heavy atom. The van der Waals surface area contributed by atoms with E-state index in [9.17, 15) is 0 Å². The minimum Gasteiger partial charge on any atom is -0.497 e. The van der Waals surface area contributed by atoms with Crippen LogP contribution in [0, 0.1) is 0 Å². The Morgan fingerprint density at radius 2 is 1.63 bits per heavy atom. The molecule has 3 aromatic rings. The van der Waals surface area contributed by atoms with E-state index in [1.165, 1.54) is 35.2 Å². The molecule has 4 nitrogen and oxygen atoms in total. The van der Waals surface area contributed by atoms with Crippen molar-refractivity contribution in [3.05, 3.63) is 102 Å². The van der Waals surface area contributed by atoms with Gasteiger partial charge in [0.1, 0.15) is 18.1 Å². The first-order chi connectivity index (χ1) is 17.1. The van der Waals surface area contributed by atoms with Gasteiger partial charge in [0, 0.05) is 31.4 Å². The summed E-state index contributed by atoms with van der Waals surface area (Å²) in [7, 11) is 1.72. The summed E-state index contributed by atoms with van der Waals surface area (Å²) < 4.78 is 11.3. The van der Waals surface area contributed by atoms with Gasteiger partial charge in [0.25, 0.3) is 0 Å². The molecule has 1 atom stereocenters. The molecule has 0 spiro atoms. The van der Waals surface area contributed by atoms with Crippen LogP contribution in [-0.2, 0) is 13.2 Å². The van der Waals surface area contributed by atoms with Crippen molar-refractivity contribution in [3.63, 3.8) is 0 Å². The van der Waals surface area contributed by atoms with Gasteiger partial charge in [-0.25, -0.2) is 0 Å². The van der Waals surface area contributed by atoms with Gasteiger partial charge in [-0.3, -0.25) is 4.90 Å². The van der Waals surface area contributed by atoms with Gasteiger partial charge < -0.3 is 14.4 Å². The average Bonchev–Trinajstić information content (AvgIpc) is 2.89. The fourth-order valence-corrected chi connectivity index (χ4v) is 4.64. The zero-order valence-corrected chi connectivity index (χ0v) is 21.3. The predicted molar refractivity (Wildman–Crippen MR) is 145 cm³/mol. The number of allylic oxidation sites excluding steroid dienone is 1. The van der Waals surface area contributed by atoms with Gasteiger partial charge >= 0.3 is 0 Å². The second-order valence-corrected chi connectivity index (χ2v) is 9.58. The fraction of sp³-hybridized carbons (Fsp3) is 0.355. The molecule has 1 aliphatic rings. The van der Waals surface area contributed by atoms with Crippen LogP contribution < -0.4 is 14.4 Å². The van der Waals surface area contributed by atoms with Crippen molar-refractivity contribution < 1.29 is 9.47 Å². The van der Waals surface area contributed by atoms with E-state index in [-0.39, 0.29) is 0 Å². The Labute approximate surface area is 210 Å². The quantitative estimate of drug-likeness (QED) is 0.307. The molecule has 0 radical (unpaired) electrons. The van der Waals surface area contributed by atoms with Crippen molar-refractivity contribution in [3.8, 4) is 11.5 Å². The largest absolute Gasteiger partial charge is 0.497 e. The fourth-order valence-electron chi connectivity index (χ4n) is 4.64. The van der Waals surface area contributed by atoms with Crippen molar-refractivity contribution in [2.75, 3.05) is 31.6 Å². The van der Waals surface area contributed by atoms with Crippen LogP contribution in [0.25, 0.3) is 0 Å². The molecule has 4 rings (SSSR count). The predicted octanol–water partition coefficient (Wildman–Crippen LogP) is 6.71. The monoisotopic (exact) mass is 470 g/mol. The van der Waals surface area contributed by atoms with Gasteiger partial charge in [-0.05, 0) is 80.8 Å². The lowest BCUT2D eigenvalue weighted by atomic mass is 10.0. The van der Waals surface area contributed by atoms with Crippen LogP contribution in [0.4, 0.5) is 5.69 Å². The Balaban J connectivity index is 1.43. The summed E-state index contributed by atoms with van der Waals surface area (Å²) in [5.74, 6) is 1.82. The van der Waals surface area contributed by atoms with Gasteiger partial charge in [-0.15, -0.1) is 0 Å². The number of benzene rings is 3. The lowest BCUT2D eigenvalue weighted by molar-refractivity contribution is 0.197. The minimum atomic E-state index is 0.480. The summed E-state index contributed by atoms with van der Waals surface area (Å²) >= 11 is 0. The molecule has 0 aliphatic carbocycles. The molecule has 0 amide bonds. The van der Waals surface area contributed by atoms with Crippen molar-refractivity contribution in [1.29, 1.82) is 0 Å². The molecule has 1 unspecified atom stereocenters. The molecular formula is C31H38N2O2. The standard InChI is InChI=1S/C31H38N2O2/c1-25(2)19-21-33(28-13-17-31(18-14-28)35-24-27-8-5-4-6-9-27)29-10-7-20-32(23-29)22-26-11-15-30(34-3)16-12-26/h4-6,8-9,11-19,29H,7,10,20-24H2,1-3H3. The molecule has 4 heteroatoms. The summed E-state index contributed by atoms with van der Waals surface area (Å²) in [6.07, 6.45) is 4.76. The maximum Gasteiger partial charge on any atom is 0.119 e. The van der Waals surface area contributed by atoms with Gasteiger partial charge in [0.2, 0.25) is 0 Å². The number of hydrogen-bond donors (Lipinski definition) is 0. The maximum atomic E-state index is 6.02. The topological polar surface area (TPSA) is 24.9 Å². The molecule has 0 N–H and O–H groups in total. The molecule has 3 aromatic carbocycles. The van der Waals surface area contributed by atoms with Crippen LogP contribution in [0.5, 0.6) is 11.5 Å². The van der Waals surface area contributed by atoms with E-state index >= 15 is 0 Å². The summed E-state index contributed by atoms with van der Waals surface area (Å²) in [5.41, 5.74) is 5.12. The summed E-state index contributed by atoms with van der Waals surface area (Å²) in [6, 6.07) is 27.9. The SMILES string of the molecule is COc1ccc(CN2CCCC(N(CC=C(C)C)c3ccc(OCc4ccccc4)cc3)C2)cc1. The highest BCUT2D eigenvalue weighted by atomic mass is 16.5. The molecule has 184 valence electrons. The van der Waals surface area contributed by atoms with Crippen molar-refractivity contribution >= 4 is 5.69 Å². The average molecular weight is 471 g/mol. The normalized spacial score (nSPS) is 15.9. The second kappa shape index (κ2) is 12.5. The molecule has 35 heavy (non-hydrogen) atoms. The number of methoxy groups -OCH3 is 1. The molecule has 0 bridgehead atoms. The maximum absolute atomic E-state index is 6.02. The van der Waals surface area contributed by atoms with Crippen molar-refractivity contribution in [1.82, 2.24) is 4.90 Å². The van der Waals surface area contributed by atoms with Crippen LogP contribution in [0.1, 0.15) is 37.8 Å². The molecular weight excluding hydrogens is 432 g/mol. The third kappa shape index (κ3) is 7.37. The molecule has 1 aliphatic heterocycles. The Morgan fingerprint density at radius 3 is 2.31 bits per heavy atom. The first-order valence-electron chi connectivity index (χ1n) is 12.6. The van der Waals surface area contributed by atoms with E-state index in [0.29, 0.717) is 12.6 Å². The van der Waals surface area contributed by atoms with Gasteiger partial charge in [-0.1, -0.05) is 54.1 Å². The van der Waals surface area contributed by atoms with Crippen LogP contribution in [0.15, 0.2) is 90.5 Å². The molecule has 1 saturated heterocycles. The number of piperidine rings is 1. The van der Waals surface area contributed by atoms with Crippen molar-refractivity contribution in [2.24, 2.45) is 0 Å².